The second-order valence-electron chi connectivity index (χ2n) is 3.60. The maximum atomic E-state index is 5.63. The normalized spacial score (nSPS) is 18.5. The van der Waals surface area contributed by atoms with E-state index in [2.05, 4.69) is 12.1 Å². The number of hydrogen-bond donors (Lipinski definition) is 0. The van der Waals surface area contributed by atoms with E-state index in [9.17, 15) is 0 Å². The van der Waals surface area contributed by atoms with Crippen molar-refractivity contribution in [2.24, 2.45) is 0 Å². The lowest BCUT2D eigenvalue weighted by atomic mass is 10.1. The Bertz CT molecular complexity index is 469. The van der Waals surface area contributed by atoms with Crippen LogP contribution in [0.3, 0.4) is 0 Å². The predicted octanol–water partition coefficient (Wildman–Crippen LogP) is 2.22. The maximum Gasteiger partial charge on any atom is 0.178 e. The number of epoxide rings is 1. The van der Waals surface area contributed by atoms with Gasteiger partial charge in [0.1, 0.15) is 12.7 Å². The largest absolute Gasteiger partial charge is 0.482 e. The second kappa shape index (κ2) is 3.45. The van der Waals surface area contributed by atoms with Gasteiger partial charge in [-0.15, -0.1) is 0 Å². The monoisotopic (exact) mass is 198 g/mol. The fourth-order valence-electron chi connectivity index (χ4n) is 1.53. The fraction of sp³-hybridized carbons (Fsp3) is 0.231. The first-order chi connectivity index (χ1) is 7.43. The minimum absolute atomic E-state index is 0.275. The lowest BCUT2D eigenvalue weighted by molar-refractivity contribution is 0.265. The maximum absolute atomic E-state index is 5.63. The van der Waals surface area contributed by atoms with E-state index in [4.69, 9.17) is 9.47 Å². The van der Waals surface area contributed by atoms with Crippen LogP contribution < -0.4 is 4.74 Å². The minimum Gasteiger partial charge on any atom is -0.482 e. The summed E-state index contributed by atoms with van der Waals surface area (Å²) in [5.74, 6) is 0.767. The van der Waals surface area contributed by atoms with E-state index in [1.807, 2.05) is 30.3 Å². The van der Waals surface area contributed by atoms with Crippen molar-refractivity contribution < 1.29 is 9.47 Å². The molecular weight excluding hydrogens is 188 g/mol. The molecule has 0 spiro atoms. The molecule has 0 saturated carbocycles. The zero-order chi connectivity index (χ0) is 10.1. The standard InChI is InChI=1S/C13H10O2/c1-2-6-12-10(4-1)5-3-7-13(12)15-9-11-8-14-11/h1-2,4-6,11H,8-9H2. The molecule has 15 heavy (non-hydrogen) atoms. The van der Waals surface area contributed by atoms with Crippen molar-refractivity contribution >= 4 is 10.8 Å². The number of rotatable bonds is 3. The molecule has 0 N–H and O–H groups in total. The van der Waals surface area contributed by atoms with Crippen LogP contribution in [0.5, 0.6) is 5.75 Å². The lowest BCUT2D eigenvalue weighted by Crippen LogP contribution is -2.03. The Morgan fingerprint density at radius 1 is 1.40 bits per heavy atom. The van der Waals surface area contributed by atoms with Gasteiger partial charge in [0.25, 0.3) is 0 Å². The Labute approximate surface area is 88.4 Å². The molecule has 1 saturated heterocycles. The lowest BCUT2D eigenvalue weighted by Gasteiger charge is -2.04. The molecule has 2 heteroatoms. The smallest absolute Gasteiger partial charge is 0.178 e. The van der Waals surface area contributed by atoms with Crippen molar-refractivity contribution in [1.29, 1.82) is 0 Å². The molecule has 1 aliphatic rings. The van der Waals surface area contributed by atoms with Gasteiger partial charge in [-0.2, -0.15) is 0 Å². The van der Waals surface area contributed by atoms with Gasteiger partial charge < -0.3 is 9.47 Å². The summed E-state index contributed by atoms with van der Waals surface area (Å²) in [5, 5.41) is 2.21. The Hall–Kier alpha value is -1.72. The molecule has 74 valence electrons. The molecule has 1 atom stereocenters. The molecule has 2 aromatic carbocycles. The summed E-state index contributed by atoms with van der Waals surface area (Å²) >= 11 is 0. The summed E-state index contributed by atoms with van der Waals surface area (Å²) in [7, 11) is 0. The zero-order valence-electron chi connectivity index (χ0n) is 8.19. The van der Waals surface area contributed by atoms with E-state index in [-0.39, 0.29) is 6.10 Å². The molecule has 3 rings (SSSR count). The van der Waals surface area contributed by atoms with Crippen LogP contribution in [0.4, 0.5) is 0 Å². The van der Waals surface area contributed by atoms with Gasteiger partial charge in [-0.25, -0.2) is 0 Å². The summed E-state index contributed by atoms with van der Waals surface area (Å²) in [4.78, 5) is 0. The number of ether oxygens (including phenoxy) is 2. The third-order valence-electron chi connectivity index (χ3n) is 2.43. The van der Waals surface area contributed by atoms with E-state index < -0.39 is 0 Å². The van der Waals surface area contributed by atoms with Crippen molar-refractivity contribution in [3.63, 3.8) is 0 Å². The Morgan fingerprint density at radius 2 is 2.27 bits per heavy atom. The Balaban J connectivity index is 1.93. The van der Waals surface area contributed by atoms with Crippen molar-refractivity contribution in [3.8, 4) is 5.75 Å². The number of benzene rings is 1. The van der Waals surface area contributed by atoms with Crippen LogP contribution in [0.1, 0.15) is 0 Å². The summed E-state index contributed by atoms with van der Waals surface area (Å²) in [6.45, 7) is 1.42. The molecule has 1 unspecified atom stereocenters. The van der Waals surface area contributed by atoms with E-state index in [1.165, 1.54) is 0 Å². The first-order valence-electron chi connectivity index (χ1n) is 4.99. The fourth-order valence-corrected chi connectivity index (χ4v) is 1.53. The highest BCUT2D eigenvalue weighted by molar-refractivity contribution is 5.87. The van der Waals surface area contributed by atoms with Gasteiger partial charge in [-0.3, -0.25) is 0 Å². The molecule has 1 aliphatic heterocycles. The molecule has 0 bridgehead atoms. The first kappa shape index (κ1) is 8.58. The quantitative estimate of drug-likeness (QED) is 0.705. The van der Waals surface area contributed by atoms with Crippen LogP contribution in [-0.4, -0.2) is 19.3 Å². The van der Waals surface area contributed by atoms with Crippen LogP contribution in [-0.2, 0) is 4.74 Å². The molecule has 2 nitrogen and oxygen atoms in total. The van der Waals surface area contributed by atoms with E-state index in [0.29, 0.717) is 6.61 Å². The minimum atomic E-state index is 0.275. The zero-order valence-corrected chi connectivity index (χ0v) is 8.19. The Kier molecular flexibility index (Phi) is 1.97. The summed E-state index contributed by atoms with van der Waals surface area (Å²) in [6.07, 6.45) is 0.275. The van der Waals surface area contributed by atoms with Crippen LogP contribution >= 0.6 is 0 Å². The van der Waals surface area contributed by atoms with Crippen LogP contribution in [0.2, 0.25) is 0 Å². The highest BCUT2D eigenvalue weighted by Gasteiger charge is 2.23. The van der Waals surface area contributed by atoms with E-state index in [0.717, 1.165) is 23.1 Å². The highest BCUT2D eigenvalue weighted by atomic mass is 16.6. The third-order valence-corrected chi connectivity index (χ3v) is 2.43. The van der Waals surface area contributed by atoms with Gasteiger partial charge in [-0.1, -0.05) is 24.3 Å². The van der Waals surface area contributed by atoms with Crippen molar-refractivity contribution in [1.82, 2.24) is 0 Å². The first-order valence-corrected chi connectivity index (χ1v) is 4.99. The van der Waals surface area contributed by atoms with Crippen LogP contribution in [0.25, 0.3) is 10.8 Å². The molecule has 0 aromatic heterocycles. The Morgan fingerprint density at radius 3 is 3.13 bits per heavy atom. The van der Waals surface area contributed by atoms with Gasteiger partial charge >= 0.3 is 0 Å². The summed E-state index contributed by atoms with van der Waals surface area (Å²) in [6, 6.07) is 15.9. The molecule has 0 amide bonds. The SMILES string of the molecule is c1cc2ccccc2c(OCC2CO2)c#1. The molecule has 2 aromatic rings. The topological polar surface area (TPSA) is 21.8 Å². The van der Waals surface area contributed by atoms with Crippen molar-refractivity contribution in [3.05, 3.63) is 42.5 Å². The average molecular weight is 198 g/mol. The van der Waals surface area contributed by atoms with Gasteiger partial charge in [0.2, 0.25) is 0 Å². The van der Waals surface area contributed by atoms with Gasteiger partial charge in [-0.05, 0) is 23.6 Å². The summed E-state index contributed by atoms with van der Waals surface area (Å²) in [5.41, 5.74) is 0. The number of fused-ring (bicyclic) bond motifs is 1. The van der Waals surface area contributed by atoms with Crippen LogP contribution in [0.15, 0.2) is 30.3 Å². The number of hydrogen-bond acceptors (Lipinski definition) is 2. The molecule has 1 fully saturated rings. The molecule has 0 aliphatic carbocycles. The van der Waals surface area contributed by atoms with Gasteiger partial charge in [0.15, 0.2) is 5.75 Å². The van der Waals surface area contributed by atoms with Crippen molar-refractivity contribution in [2.75, 3.05) is 13.2 Å². The predicted molar refractivity (Wildman–Crippen MR) is 56.9 cm³/mol. The third kappa shape index (κ3) is 1.74. The van der Waals surface area contributed by atoms with E-state index >= 15 is 0 Å². The summed E-state index contributed by atoms with van der Waals surface area (Å²) < 4.78 is 10.7. The highest BCUT2D eigenvalue weighted by Crippen LogP contribution is 2.23. The van der Waals surface area contributed by atoms with Gasteiger partial charge in [0.05, 0.1) is 6.61 Å². The van der Waals surface area contributed by atoms with E-state index in [1.54, 1.807) is 0 Å². The molecular formula is C13H10O2. The molecule has 0 radical (unpaired) electrons. The molecule has 1 heterocycles. The van der Waals surface area contributed by atoms with Crippen molar-refractivity contribution in [2.45, 2.75) is 6.10 Å². The second-order valence-corrected chi connectivity index (χ2v) is 3.60. The average Bonchev–Trinajstić information content (AvgIpc) is 3.10. The van der Waals surface area contributed by atoms with Crippen LogP contribution in [0, 0.1) is 12.1 Å². The van der Waals surface area contributed by atoms with Gasteiger partial charge in [0, 0.05) is 5.39 Å².